The van der Waals surface area contributed by atoms with Gasteiger partial charge in [-0.05, 0) is 80.4 Å². The lowest BCUT2D eigenvalue weighted by molar-refractivity contribution is 0.475. The number of rotatable bonds is 2. The summed E-state index contributed by atoms with van der Waals surface area (Å²) in [5.74, 6) is 3.67. The molecule has 38 heavy (non-hydrogen) atoms. The zero-order valence-electron chi connectivity index (χ0n) is 23.9. The van der Waals surface area contributed by atoms with Gasteiger partial charge in [-0.1, -0.05) is 103 Å². The van der Waals surface area contributed by atoms with Gasteiger partial charge in [0.2, 0.25) is 0 Å². The Labute approximate surface area is 228 Å². The Kier molecular flexibility index (Phi) is 5.41. The fraction of sp³-hybridized carbons (Fsp3) is 0.314. The van der Waals surface area contributed by atoms with Crippen LogP contribution in [-0.4, -0.2) is 6.71 Å². The highest BCUT2D eigenvalue weighted by molar-refractivity contribution is 6.98. The highest BCUT2D eigenvalue weighted by Gasteiger charge is 2.47. The van der Waals surface area contributed by atoms with E-state index >= 15 is 0 Å². The molecule has 2 heterocycles. The first-order chi connectivity index (χ1) is 17.9. The summed E-state index contributed by atoms with van der Waals surface area (Å²) in [5.41, 5.74) is 9.16. The smallest absolute Gasteiger partial charge is 0.251 e. The van der Waals surface area contributed by atoms with E-state index in [9.17, 15) is 0 Å². The average molecular weight is 500 g/mol. The molecule has 0 fully saturated rings. The van der Waals surface area contributed by atoms with Gasteiger partial charge in [0.05, 0.1) is 0 Å². The number of benzene rings is 4. The first kappa shape index (κ1) is 24.9. The fourth-order valence-corrected chi connectivity index (χ4v) is 6.36. The summed E-state index contributed by atoms with van der Waals surface area (Å²) in [6.07, 6.45) is 0. The Hall–Kier alpha value is -3.46. The van der Waals surface area contributed by atoms with E-state index in [-0.39, 0.29) is 23.0 Å². The van der Waals surface area contributed by atoms with Gasteiger partial charge in [-0.2, -0.15) is 0 Å². The summed E-state index contributed by atoms with van der Waals surface area (Å²) in [5, 5.41) is 0. The molecule has 0 amide bonds. The third kappa shape index (κ3) is 3.86. The van der Waals surface area contributed by atoms with Crippen molar-refractivity contribution >= 4 is 23.1 Å². The maximum Gasteiger partial charge on any atom is 0.251 e. The number of ether oxygens (including phenoxy) is 2. The number of para-hydroxylation sites is 1. The van der Waals surface area contributed by atoms with Crippen molar-refractivity contribution in [1.29, 1.82) is 0 Å². The molecule has 2 aliphatic heterocycles. The van der Waals surface area contributed by atoms with Gasteiger partial charge in [-0.3, -0.25) is 0 Å². The molecule has 0 aliphatic carbocycles. The van der Waals surface area contributed by atoms with Gasteiger partial charge in [-0.15, -0.1) is 0 Å². The van der Waals surface area contributed by atoms with E-state index in [1.807, 2.05) is 30.3 Å². The minimum Gasteiger partial charge on any atom is -0.458 e. The number of hydrogen-bond acceptors (Lipinski definition) is 2. The molecule has 0 saturated carbocycles. The molecule has 0 unspecified atom stereocenters. The maximum absolute atomic E-state index is 6.65. The molecule has 2 nitrogen and oxygen atoms in total. The van der Waals surface area contributed by atoms with Crippen molar-refractivity contribution in [3.8, 4) is 23.0 Å². The molecule has 2 aliphatic rings. The lowest BCUT2D eigenvalue weighted by atomic mass is 9.30. The van der Waals surface area contributed by atoms with E-state index in [2.05, 4.69) is 104 Å². The first-order valence-electron chi connectivity index (χ1n) is 13.7. The van der Waals surface area contributed by atoms with Gasteiger partial charge in [-0.25, -0.2) is 0 Å². The standard InChI is InChI=1S/C35H37BO2/c1-33(2,3)22-14-18-29-28(20-22)36-27-17-15-24(37-23-12-10-9-11-13-23)21-26(27)35(7,8)31-25(34(4,5)6)16-19-30(38-29)32(31)36/h9-21H,1-8H3. The predicted octanol–water partition coefficient (Wildman–Crippen LogP) is 7.34. The van der Waals surface area contributed by atoms with Crippen LogP contribution in [-0.2, 0) is 16.2 Å². The van der Waals surface area contributed by atoms with Gasteiger partial charge in [0, 0.05) is 5.41 Å². The predicted molar refractivity (Wildman–Crippen MR) is 160 cm³/mol. The molecular formula is C35H37BO2. The van der Waals surface area contributed by atoms with Gasteiger partial charge in [0.15, 0.2) is 0 Å². The highest BCUT2D eigenvalue weighted by Crippen LogP contribution is 2.44. The fourth-order valence-electron chi connectivity index (χ4n) is 6.36. The van der Waals surface area contributed by atoms with E-state index in [0.717, 1.165) is 23.0 Å². The minimum atomic E-state index is -0.224. The van der Waals surface area contributed by atoms with Gasteiger partial charge in [0.1, 0.15) is 23.0 Å². The summed E-state index contributed by atoms with van der Waals surface area (Å²) in [6.45, 7) is 18.6. The van der Waals surface area contributed by atoms with Crippen LogP contribution in [0.3, 0.4) is 0 Å². The van der Waals surface area contributed by atoms with Crippen LogP contribution in [0.2, 0.25) is 0 Å². The Morgan fingerprint density at radius 1 is 0.684 bits per heavy atom. The van der Waals surface area contributed by atoms with E-state index < -0.39 is 0 Å². The minimum absolute atomic E-state index is 0.00459. The van der Waals surface area contributed by atoms with E-state index in [1.54, 1.807) is 0 Å². The monoisotopic (exact) mass is 500 g/mol. The second kappa shape index (κ2) is 8.27. The Morgan fingerprint density at radius 2 is 1.39 bits per heavy atom. The molecule has 192 valence electrons. The molecule has 0 spiro atoms. The molecule has 4 aromatic carbocycles. The Morgan fingerprint density at radius 3 is 2.08 bits per heavy atom. The van der Waals surface area contributed by atoms with Crippen molar-refractivity contribution in [2.75, 3.05) is 0 Å². The summed E-state index contributed by atoms with van der Waals surface area (Å²) in [4.78, 5) is 0. The van der Waals surface area contributed by atoms with E-state index in [0.29, 0.717) is 0 Å². The molecule has 0 bridgehead atoms. The van der Waals surface area contributed by atoms with Crippen molar-refractivity contribution in [1.82, 2.24) is 0 Å². The van der Waals surface area contributed by atoms with Crippen molar-refractivity contribution in [3.05, 3.63) is 101 Å². The largest absolute Gasteiger partial charge is 0.458 e. The van der Waals surface area contributed by atoms with Crippen LogP contribution in [0.5, 0.6) is 23.0 Å². The van der Waals surface area contributed by atoms with Crippen molar-refractivity contribution in [2.45, 2.75) is 71.6 Å². The molecule has 0 N–H and O–H groups in total. The molecule has 0 saturated heterocycles. The quantitative estimate of drug-likeness (QED) is 0.236. The van der Waals surface area contributed by atoms with Gasteiger partial charge < -0.3 is 9.47 Å². The number of fused-ring (bicyclic) bond motifs is 4. The third-order valence-corrected chi connectivity index (χ3v) is 8.32. The summed E-state index contributed by atoms with van der Waals surface area (Å²) >= 11 is 0. The average Bonchev–Trinajstić information content (AvgIpc) is 2.85. The van der Waals surface area contributed by atoms with Crippen LogP contribution in [0.25, 0.3) is 0 Å². The van der Waals surface area contributed by atoms with Crippen LogP contribution in [0, 0.1) is 0 Å². The van der Waals surface area contributed by atoms with Crippen LogP contribution in [0.15, 0.2) is 78.9 Å². The zero-order valence-corrected chi connectivity index (χ0v) is 23.9. The van der Waals surface area contributed by atoms with Crippen LogP contribution in [0.4, 0.5) is 0 Å². The first-order valence-corrected chi connectivity index (χ1v) is 13.7. The summed E-state index contributed by atoms with van der Waals surface area (Å²) in [6, 6.07) is 28.0. The third-order valence-electron chi connectivity index (χ3n) is 8.32. The van der Waals surface area contributed by atoms with Crippen molar-refractivity contribution in [2.24, 2.45) is 0 Å². The molecular weight excluding hydrogens is 463 g/mol. The van der Waals surface area contributed by atoms with Gasteiger partial charge >= 0.3 is 0 Å². The molecule has 6 rings (SSSR count). The Balaban J connectivity index is 1.63. The van der Waals surface area contributed by atoms with E-state index in [1.165, 1.54) is 38.6 Å². The molecule has 0 radical (unpaired) electrons. The van der Waals surface area contributed by atoms with Crippen molar-refractivity contribution in [3.63, 3.8) is 0 Å². The summed E-state index contributed by atoms with van der Waals surface area (Å²) < 4.78 is 13.0. The normalized spacial score (nSPS) is 15.2. The maximum atomic E-state index is 6.65. The topological polar surface area (TPSA) is 18.5 Å². The molecule has 3 heteroatoms. The highest BCUT2D eigenvalue weighted by atomic mass is 16.5. The van der Waals surface area contributed by atoms with Crippen molar-refractivity contribution < 1.29 is 9.47 Å². The lowest BCUT2D eigenvalue weighted by Gasteiger charge is -2.44. The second-order valence-electron chi connectivity index (χ2n) is 13.5. The molecule has 0 aromatic heterocycles. The Bertz CT molecular complexity index is 1550. The van der Waals surface area contributed by atoms with Gasteiger partial charge in [0.25, 0.3) is 6.71 Å². The zero-order chi connectivity index (χ0) is 27.0. The number of hydrogen-bond donors (Lipinski definition) is 0. The molecule has 0 atom stereocenters. The lowest BCUT2D eigenvalue weighted by Crippen LogP contribution is -2.63. The summed E-state index contributed by atoms with van der Waals surface area (Å²) in [7, 11) is 0. The van der Waals surface area contributed by atoms with Crippen LogP contribution >= 0.6 is 0 Å². The van der Waals surface area contributed by atoms with E-state index in [4.69, 9.17) is 9.47 Å². The van der Waals surface area contributed by atoms with Crippen LogP contribution in [0.1, 0.15) is 77.6 Å². The SMILES string of the molecule is CC(C)(C)c1ccc2c(c1)B1c3ccc(Oc4ccccc4)cc3C(C)(C)c3c(C(C)(C)C)ccc(c31)O2. The molecule has 4 aromatic rings. The second-order valence-corrected chi connectivity index (χ2v) is 13.5. The van der Waals surface area contributed by atoms with Crippen LogP contribution < -0.4 is 25.9 Å².